The van der Waals surface area contributed by atoms with Crippen molar-refractivity contribution in [3.8, 4) is 5.75 Å². The number of para-hydroxylation sites is 2. The van der Waals surface area contributed by atoms with Gasteiger partial charge in [0.25, 0.3) is 0 Å². The number of hydrogen-bond acceptors (Lipinski definition) is 8. The average Bonchev–Trinajstić information content (AvgIpc) is 2.92. The van der Waals surface area contributed by atoms with E-state index in [4.69, 9.17) is 9.47 Å². The molecule has 0 aliphatic carbocycles. The second-order valence-electron chi connectivity index (χ2n) is 5.58. The van der Waals surface area contributed by atoms with Gasteiger partial charge in [0.05, 0.1) is 12.3 Å². The maximum absolute atomic E-state index is 12.3. The van der Waals surface area contributed by atoms with Gasteiger partial charge in [-0.05, 0) is 18.2 Å². The highest BCUT2D eigenvalue weighted by atomic mass is 16.6. The van der Waals surface area contributed by atoms with E-state index in [1.54, 1.807) is 18.2 Å². The molecule has 1 saturated heterocycles. The van der Waals surface area contributed by atoms with Crippen LogP contribution in [-0.4, -0.2) is 56.9 Å². The van der Waals surface area contributed by atoms with Gasteiger partial charge in [0.2, 0.25) is 0 Å². The van der Waals surface area contributed by atoms with Crippen LogP contribution < -0.4 is 11.0 Å². The maximum atomic E-state index is 12.3. The highest BCUT2D eigenvalue weighted by molar-refractivity contribution is 5.62. The number of nitrogens with one attached hydrogen (secondary N) is 1. The van der Waals surface area contributed by atoms with Gasteiger partial charge < -0.3 is 30.1 Å². The molecule has 134 valence electrons. The van der Waals surface area contributed by atoms with E-state index in [0.717, 1.165) is 0 Å². The van der Waals surface area contributed by atoms with Crippen molar-refractivity contribution in [2.24, 2.45) is 0 Å². The normalized spacial score (nSPS) is 25.9. The van der Waals surface area contributed by atoms with Gasteiger partial charge in [-0.1, -0.05) is 12.1 Å². The van der Waals surface area contributed by atoms with Crippen LogP contribution >= 0.6 is 0 Å². The number of benzene rings is 1. The number of hydrogen-bond donors (Lipinski definition) is 4. The monoisotopic (exact) mass is 349 g/mol. The minimum atomic E-state index is -1.06. The van der Waals surface area contributed by atoms with Gasteiger partial charge in [-0.25, -0.2) is 4.79 Å². The smallest absolute Gasteiger partial charge is 0.351 e. The molecular weight excluding hydrogens is 330 g/mol. The van der Waals surface area contributed by atoms with Crippen molar-refractivity contribution in [2.45, 2.75) is 24.5 Å². The fourth-order valence-corrected chi connectivity index (χ4v) is 2.74. The third kappa shape index (κ3) is 3.35. The lowest BCUT2D eigenvalue weighted by atomic mass is 10.1. The zero-order valence-corrected chi connectivity index (χ0v) is 13.4. The first kappa shape index (κ1) is 17.4. The molecule has 3 rings (SSSR count). The van der Waals surface area contributed by atoms with E-state index in [2.05, 4.69) is 10.3 Å². The Morgan fingerprint density at radius 3 is 2.76 bits per heavy atom. The zero-order valence-electron chi connectivity index (χ0n) is 13.4. The Labute approximate surface area is 143 Å². The minimum absolute atomic E-state index is 0.0287. The predicted molar refractivity (Wildman–Crippen MR) is 87.7 cm³/mol. The van der Waals surface area contributed by atoms with Crippen molar-refractivity contribution in [1.29, 1.82) is 0 Å². The second kappa shape index (κ2) is 7.19. The summed E-state index contributed by atoms with van der Waals surface area (Å²) in [6.07, 6.45) is -2.18. The molecule has 1 fully saturated rings. The minimum Gasteiger partial charge on any atom is -0.506 e. The van der Waals surface area contributed by atoms with Crippen LogP contribution in [0.1, 0.15) is 6.23 Å². The lowest BCUT2D eigenvalue weighted by molar-refractivity contribution is -0.0624. The third-order valence-corrected chi connectivity index (χ3v) is 4.04. The van der Waals surface area contributed by atoms with Crippen LogP contribution in [0.4, 0.5) is 11.5 Å². The fraction of sp³-hybridized carbons (Fsp3) is 0.375. The Morgan fingerprint density at radius 1 is 1.36 bits per heavy atom. The Kier molecular flexibility index (Phi) is 5.00. The molecule has 0 bridgehead atoms. The van der Waals surface area contributed by atoms with E-state index in [0.29, 0.717) is 5.69 Å². The molecule has 2 aromatic rings. The molecular formula is C16H19N3O6. The number of aliphatic hydroxyl groups is 2. The molecule has 1 aromatic carbocycles. The third-order valence-electron chi connectivity index (χ3n) is 4.04. The van der Waals surface area contributed by atoms with Gasteiger partial charge >= 0.3 is 5.69 Å². The van der Waals surface area contributed by atoms with E-state index in [1.807, 2.05) is 0 Å². The summed E-state index contributed by atoms with van der Waals surface area (Å²) < 4.78 is 11.9. The van der Waals surface area contributed by atoms with Gasteiger partial charge in [0, 0.05) is 13.3 Å². The summed E-state index contributed by atoms with van der Waals surface area (Å²) in [6.45, 7) is -0.396. The molecule has 4 N–H and O–H groups in total. The van der Waals surface area contributed by atoms with E-state index in [9.17, 15) is 20.1 Å². The molecule has 1 aliphatic rings. The zero-order chi connectivity index (χ0) is 18.0. The van der Waals surface area contributed by atoms with Crippen LogP contribution in [0.15, 0.2) is 41.3 Å². The molecule has 1 aliphatic heterocycles. The number of phenols is 1. The first-order valence-electron chi connectivity index (χ1n) is 7.66. The molecule has 0 radical (unpaired) electrons. The summed E-state index contributed by atoms with van der Waals surface area (Å²) in [7, 11) is 1.39. The molecule has 25 heavy (non-hydrogen) atoms. The number of aromatic hydroxyl groups is 1. The lowest BCUT2D eigenvalue weighted by Crippen LogP contribution is -2.37. The van der Waals surface area contributed by atoms with Gasteiger partial charge in [0.1, 0.15) is 29.9 Å². The number of aliphatic hydroxyl groups excluding tert-OH is 2. The number of anilines is 2. The van der Waals surface area contributed by atoms with Crippen LogP contribution in [0, 0.1) is 0 Å². The average molecular weight is 349 g/mol. The SMILES string of the molecule is COC1[C@@H](O)[C@@H](CO)O[C@H]1n1ccc(Nc2ccccc2O)nc1=O. The molecule has 4 atom stereocenters. The fourth-order valence-electron chi connectivity index (χ4n) is 2.74. The van der Waals surface area contributed by atoms with Gasteiger partial charge in [0.15, 0.2) is 6.23 Å². The van der Waals surface area contributed by atoms with E-state index >= 15 is 0 Å². The van der Waals surface area contributed by atoms with Crippen LogP contribution in [0.5, 0.6) is 5.75 Å². The van der Waals surface area contributed by atoms with Crippen molar-refractivity contribution >= 4 is 11.5 Å². The van der Waals surface area contributed by atoms with Crippen LogP contribution in [0.25, 0.3) is 0 Å². The molecule has 1 unspecified atom stereocenters. The maximum Gasteiger partial charge on any atom is 0.351 e. The molecule has 0 spiro atoms. The summed E-state index contributed by atoms with van der Waals surface area (Å²) in [5.74, 6) is 0.273. The van der Waals surface area contributed by atoms with Crippen molar-refractivity contribution < 1.29 is 24.8 Å². The Hall–Kier alpha value is -2.46. The molecule has 0 amide bonds. The lowest BCUT2D eigenvalue weighted by Gasteiger charge is -2.20. The first-order valence-corrected chi connectivity index (χ1v) is 7.66. The number of nitrogens with zero attached hydrogens (tertiary/aromatic N) is 2. The Balaban J connectivity index is 1.85. The van der Waals surface area contributed by atoms with Crippen molar-refractivity contribution in [3.05, 3.63) is 47.0 Å². The van der Waals surface area contributed by atoms with Crippen molar-refractivity contribution in [3.63, 3.8) is 0 Å². The van der Waals surface area contributed by atoms with E-state index in [-0.39, 0.29) is 11.6 Å². The van der Waals surface area contributed by atoms with Gasteiger partial charge in [-0.3, -0.25) is 4.57 Å². The van der Waals surface area contributed by atoms with Crippen LogP contribution in [0.3, 0.4) is 0 Å². The highest BCUT2D eigenvalue weighted by Gasteiger charge is 2.45. The summed E-state index contributed by atoms with van der Waals surface area (Å²) in [5.41, 5.74) is -0.215. The number of aromatic nitrogens is 2. The molecule has 0 saturated carbocycles. The topological polar surface area (TPSA) is 126 Å². The van der Waals surface area contributed by atoms with Crippen LogP contribution in [-0.2, 0) is 9.47 Å². The Morgan fingerprint density at radius 2 is 2.12 bits per heavy atom. The number of ether oxygens (including phenoxy) is 2. The molecule has 9 nitrogen and oxygen atoms in total. The number of methoxy groups -OCH3 is 1. The quantitative estimate of drug-likeness (QED) is 0.554. The second-order valence-corrected chi connectivity index (χ2v) is 5.58. The number of phenolic OH excluding ortho intramolecular Hbond substituents is 1. The molecule has 2 heterocycles. The first-order chi connectivity index (χ1) is 12.0. The Bertz CT molecular complexity index is 795. The van der Waals surface area contributed by atoms with Crippen molar-refractivity contribution in [2.75, 3.05) is 19.0 Å². The van der Waals surface area contributed by atoms with E-state index in [1.165, 1.54) is 30.0 Å². The molecule has 9 heteroatoms. The summed E-state index contributed by atoms with van der Waals surface area (Å²) in [6, 6.07) is 8.09. The summed E-state index contributed by atoms with van der Waals surface area (Å²) >= 11 is 0. The van der Waals surface area contributed by atoms with E-state index < -0.39 is 36.8 Å². The highest BCUT2D eigenvalue weighted by Crippen LogP contribution is 2.30. The largest absolute Gasteiger partial charge is 0.506 e. The van der Waals surface area contributed by atoms with Gasteiger partial charge in [-0.15, -0.1) is 0 Å². The summed E-state index contributed by atoms with van der Waals surface area (Å²) in [4.78, 5) is 16.2. The predicted octanol–water partition coefficient (Wildman–Crippen LogP) is -0.0419. The van der Waals surface area contributed by atoms with Crippen LogP contribution in [0.2, 0.25) is 0 Å². The number of rotatable bonds is 5. The standard InChI is InChI=1S/C16H19N3O6/c1-24-14-13(22)11(8-20)25-15(14)19-7-6-12(18-16(19)23)17-9-4-2-3-5-10(9)21/h2-7,11,13-15,20-22H,8H2,1H3,(H,17,18,23)/t11-,13+,14?,15-/m1/s1. The van der Waals surface area contributed by atoms with Crippen molar-refractivity contribution in [1.82, 2.24) is 9.55 Å². The summed E-state index contributed by atoms with van der Waals surface area (Å²) in [5, 5.41) is 31.9. The van der Waals surface area contributed by atoms with Gasteiger partial charge in [-0.2, -0.15) is 4.98 Å². The molecule has 1 aromatic heterocycles.